The number of cyclic esters (lactones) is 1. The molecule has 1 saturated heterocycles. The zero-order valence-electron chi connectivity index (χ0n) is 18.1. The Kier molecular flexibility index (Phi) is 5.39. The summed E-state index contributed by atoms with van der Waals surface area (Å²) >= 11 is 0. The van der Waals surface area contributed by atoms with Crippen molar-refractivity contribution < 1.29 is 14.3 Å². The number of fused-ring (bicyclic) bond motifs is 1. The van der Waals surface area contributed by atoms with Crippen molar-refractivity contribution in [2.45, 2.75) is 52.7 Å². The zero-order valence-corrected chi connectivity index (χ0v) is 18.1. The molecule has 0 radical (unpaired) electrons. The molecule has 162 valence electrons. The smallest absolute Gasteiger partial charge is 0.414 e. The number of aryl methyl sites for hydroxylation is 2. The summed E-state index contributed by atoms with van der Waals surface area (Å²) in [5.41, 5.74) is 3.93. The molecule has 1 fully saturated rings. The first kappa shape index (κ1) is 20.8. The van der Waals surface area contributed by atoms with Crippen LogP contribution in [0.25, 0.3) is 22.2 Å². The Hall–Kier alpha value is -3.42. The summed E-state index contributed by atoms with van der Waals surface area (Å²) in [6.45, 7) is 8.82. The quantitative estimate of drug-likeness (QED) is 0.633. The van der Waals surface area contributed by atoms with Gasteiger partial charge in [0.15, 0.2) is 6.10 Å². The highest BCUT2D eigenvalue weighted by molar-refractivity contribution is 5.99. The number of amides is 2. The first-order chi connectivity index (χ1) is 14.8. The molecule has 2 N–H and O–H groups in total. The number of benzene rings is 1. The second-order valence-corrected chi connectivity index (χ2v) is 8.34. The molecule has 3 heterocycles. The summed E-state index contributed by atoms with van der Waals surface area (Å²) in [6.07, 6.45) is 0.673. The number of pyridine rings is 1. The summed E-state index contributed by atoms with van der Waals surface area (Å²) in [5.74, 6) is -0.612. The second-order valence-electron chi connectivity index (χ2n) is 8.34. The molecule has 2 atom stereocenters. The number of aromatic nitrogens is 3. The largest absolute Gasteiger partial charge is 0.436 e. The zero-order chi connectivity index (χ0) is 22.3. The number of rotatable bonds is 6. The molecule has 0 saturated carbocycles. The van der Waals surface area contributed by atoms with Gasteiger partial charge in [-0.15, -0.1) is 0 Å². The van der Waals surface area contributed by atoms with Gasteiger partial charge in [0.05, 0.1) is 5.52 Å². The van der Waals surface area contributed by atoms with Gasteiger partial charge < -0.3 is 9.72 Å². The van der Waals surface area contributed by atoms with E-state index >= 15 is 0 Å². The molecule has 8 heteroatoms. The van der Waals surface area contributed by atoms with Crippen LogP contribution in [0.2, 0.25) is 0 Å². The number of ether oxygens (including phenoxy) is 1. The minimum Gasteiger partial charge on any atom is -0.436 e. The molecule has 8 nitrogen and oxygen atoms in total. The Balaban J connectivity index is 1.67. The van der Waals surface area contributed by atoms with Gasteiger partial charge in [0, 0.05) is 41.4 Å². The third-order valence-corrected chi connectivity index (χ3v) is 5.89. The Labute approximate surface area is 179 Å². The number of hydrogen-bond acceptors (Lipinski definition) is 5. The molecule has 0 bridgehead atoms. The SMILES string of the molecule is CCn1cc2c(C)cc(-c3ccc(C(CC4OC(=O)NC4=O)C(C)C)c(=O)[nH]3)cc2n1. The van der Waals surface area contributed by atoms with Crippen LogP contribution in [0.4, 0.5) is 4.79 Å². The lowest BCUT2D eigenvalue weighted by molar-refractivity contribution is -0.123. The number of alkyl carbamates (subject to hydrolysis) is 1. The van der Waals surface area contributed by atoms with Crippen molar-refractivity contribution in [2.24, 2.45) is 5.92 Å². The van der Waals surface area contributed by atoms with Crippen molar-refractivity contribution in [3.05, 3.63) is 51.9 Å². The van der Waals surface area contributed by atoms with Crippen LogP contribution in [0.1, 0.15) is 44.2 Å². The van der Waals surface area contributed by atoms with E-state index in [0.29, 0.717) is 11.3 Å². The fourth-order valence-corrected chi connectivity index (χ4v) is 4.15. The van der Waals surface area contributed by atoms with E-state index in [-0.39, 0.29) is 23.8 Å². The van der Waals surface area contributed by atoms with Gasteiger partial charge in [-0.25, -0.2) is 4.79 Å². The summed E-state index contributed by atoms with van der Waals surface area (Å²) in [7, 11) is 0. The maximum absolute atomic E-state index is 13.0. The molecule has 0 aliphatic carbocycles. The van der Waals surface area contributed by atoms with Crippen LogP contribution < -0.4 is 10.9 Å². The van der Waals surface area contributed by atoms with Crippen molar-refractivity contribution in [2.75, 3.05) is 0 Å². The van der Waals surface area contributed by atoms with Crippen molar-refractivity contribution in [1.29, 1.82) is 0 Å². The molecule has 1 aliphatic heterocycles. The molecule has 1 aromatic carbocycles. The van der Waals surface area contributed by atoms with Crippen LogP contribution in [-0.4, -0.2) is 32.9 Å². The van der Waals surface area contributed by atoms with E-state index in [0.717, 1.165) is 28.6 Å². The predicted octanol–water partition coefficient (Wildman–Crippen LogP) is 3.48. The van der Waals surface area contributed by atoms with Crippen LogP contribution in [0.3, 0.4) is 0 Å². The predicted molar refractivity (Wildman–Crippen MR) is 117 cm³/mol. The standard InChI is InChI=1S/C23H26N4O4/c1-5-27-11-17-13(4)8-14(9-19(17)26-27)18-7-6-15(21(28)24-18)16(12(2)3)10-20-22(29)25-23(30)31-20/h6-9,11-12,16,20H,5,10H2,1-4H3,(H,24,28)(H,25,29,30). The summed E-state index contributed by atoms with van der Waals surface area (Å²) in [5, 5.41) is 7.82. The minimum absolute atomic E-state index is 0.0793. The molecular formula is C23H26N4O4. The number of carbonyl (C=O) groups excluding carboxylic acids is 2. The van der Waals surface area contributed by atoms with E-state index in [1.807, 2.05) is 56.8 Å². The van der Waals surface area contributed by atoms with Crippen molar-refractivity contribution >= 4 is 22.9 Å². The second kappa shape index (κ2) is 8.02. The fourth-order valence-electron chi connectivity index (χ4n) is 4.15. The lowest BCUT2D eigenvalue weighted by Crippen LogP contribution is -2.29. The van der Waals surface area contributed by atoms with E-state index in [1.165, 1.54) is 0 Å². The van der Waals surface area contributed by atoms with Gasteiger partial charge in [0.2, 0.25) is 0 Å². The van der Waals surface area contributed by atoms with Crippen LogP contribution in [-0.2, 0) is 16.1 Å². The molecule has 0 spiro atoms. The average Bonchev–Trinajstić information content (AvgIpc) is 3.28. The molecule has 2 aromatic heterocycles. The van der Waals surface area contributed by atoms with Crippen LogP contribution in [0.15, 0.2) is 35.3 Å². The fraction of sp³-hybridized carbons (Fsp3) is 0.391. The maximum Gasteiger partial charge on any atom is 0.414 e. The Morgan fingerprint density at radius 3 is 2.58 bits per heavy atom. The van der Waals surface area contributed by atoms with Crippen molar-refractivity contribution in [1.82, 2.24) is 20.1 Å². The van der Waals surface area contributed by atoms with Gasteiger partial charge in [0.25, 0.3) is 11.5 Å². The average molecular weight is 422 g/mol. The van der Waals surface area contributed by atoms with Crippen LogP contribution >= 0.6 is 0 Å². The number of aromatic amines is 1. The Bertz CT molecular complexity index is 1220. The summed E-state index contributed by atoms with van der Waals surface area (Å²) in [4.78, 5) is 39.2. The number of hydrogen-bond donors (Lipinski definition) is 2. The van der Waals surface area contributed by atoms with Crippen LogP contribution in [0.5, 0.6) is 0 Å². The molecule has 2 unspecified atom stereocenters. The van der Waals surface area contributed by atoms with Crippen LogP contribution in [0, 0.1) is 12.8 Å². The van der Waals surface area contributed by atoms with E-state index in [2.05, 4.69) is 15.4 Å². The number of nitrogens with one attached hydrogen (secondary N) is 2. The number of nitrogens with zero attached hydrogens (tertiary/aromatic N) is 2. The third-order valence-electron chi connectivity index (χ3n) is 5.89. The van der Waals surface area contributed by atoms with E-state index in [9.17, 15) is 14.4 Å². The highest BCUT2D eigenvalue weighted by atomic mass is 16.6. The normalized spacial score (nSPS) is 17.3. The lowest BCUT2D eigenvalue weighted by atomic mass is 9.84. The van der Waals surface area contributed by atoms with E-state index in [4.69, 9.17) is 4.74 Å². The highest BCUT2D eigenvalue weighted by Crippen LogP contribution is 2.31. The van der Waals surface area contributed by atoms with Gasteiger partial charge in [-0.3, -0.25) is 19.6 Å². The topological polar surface area (TPSA) is 106 Å². The Morgan fingerprint density at radius 2 is 1.97 bits per heavy atom. The van der Waals surface area contributed by atoms with E-state index < -0.39 is 18.1 Å². The minimum atomic E-state index is -0.877. The number of imide groups is 1. The highest BCUT2D eigenvalue weighted by Gasteiger charge is 2.36. The van der Waals surface area contributed by atoms with Gasteiger partial charge in [-0.05, 0) is 49.4 Å². The molecule has 3 aromatic rings. The summed E-state index contributed by atoms with van der Waals surface area (Å²) < 4.78 is 6.95. The first-order valence-corrected chi connectivity index (χ1v) is 10.5. The van der Waals surface area contributed by atoms with Gasteiger partial charge in [-0.2, -0.15) is 5.10 Å². The van der Waals surface area contributed by atoms with Crippen molar-refractivity contribution in [3.63, 3.8) is 0 Å². The lowest BCUT2D eigenvalue weighted by Gasteiger charge is -2.22. The Morgan fingerprint density at radius 1 is 1.19 bits per heavy atom. The number of carbonyl (C=O) groups is 2. The van der Waals surface area contributed by atoms with Gasteiger partial charge >= 0.3 is 6.09 Å². The third kappa shape index (κ3) is 3.97. The first-order valence-electron chi connectivity index (χ1n) is 10.5. The molecule has 4 rings (SSSR count). The number of H-pyrrole nitrogens is 1. The maximum atomic E-state index is 13.0. The van der Waals surface area contributed by atoms with E-state index in [1.54, 1.807) is 6.07 Å². The molecule has 1 aliphatic rings. The molecule has 31 heavy (non-hydrogen) atoms. The monoisotopic (exact) mass is 422 g/mol. The van der Waals surface area contributed by atoms with Gasteiger partial charge in [-0.1, -0.05) is 19.9 Å². The molecular weight excluding hydrogens is 396 g/mol. The van der Waals surface area contributed by atoms with Crippen molar-refractivity contribution in [3.8, 4) is 11.3 Å². The summed E-state index contributed by atoms with van der Waals surface area (Å²) in [6, 6.07) is 7.70. The van der Waals surface area contributed by atoms with Gasteiger partial charge in [0.1, 0.15) is 0 Å². The molecule has 2 amide bonds.